The summed E-state index contributed by atoms with van der Waals surface area (Å²) in [5.41, 5.74) is -0.00873. The number of aliphatic hydroxyl groups excluding tert-OH is 1. The molecule has 5 aliphatic heterocycles. The van der Waals surface area contributed by atoms with Crippen molar-refractivity contribution < 1.29 is 38.5 Å². The zero-order valence-electron chi connectivity index (χ0n) is 28.0. The molecule has 0 aromatic heterocycles. The summed E-state index contributed by atoms with van der Waals surface area (Å²) in [6.45, 7) is 3.41. The van der Waals surface area contributed by atoms with E-state index < -0.39 is 66.1 Å². The summed E-state index contributed by atoms with van der Waals surface area (Å²) in [5, 5.41) is 13.9. The maximum atomic E-state index is 15.1. The lowest BCUT2D eigenvalue weighted by Gasteiger charge is -2.39. The molecule has 0 radical (unpaired) electrons. The van der Waals surface area contributed by atoms with Crippen LogP contribution in [0.25, 0.3) is 0 Å². The van der Waals surface area contributed by atoms with Gasteiger partial charge in [0, 0.05) is 39.1 Å². The smallest absolute Gasteiger partial charge is 0.306 e. The second-order valence-electron chi connectivity index (χ2n) is 13.5. The van der Waals surface area contributed by atoms with Crippen LogP contribution in [0.15, 0.2) is 85.0 Å². The Morgan fingerprint density at radius 1 is 0.920 bits per heavy atom. The summed E-state index contributed by atoms with van der Waals surface area (Å²) in [7, 11) is 0. The largest absolute Gasteiger partial charge is 0.463 e. The molecule has 50 heavy (non-hydrogen) atoms. The van der Waals surface area contributed by atoms with Gasteiger partial charge in [-0.25, -0.2) is 0 Å². The van der Waals surface area contributed by atoms with E-state index in [-0.39, 0.29) is 25.5 Å². The van der Waals surface area contributed by atoms with E-state index in [1.54, 1.807) is 17.1 Å². The summed E-state index contributed by atoms with van der Waals surface area (Å²) < 4.78 is 17.8. The van der Waals surface area contributed by atoms with Crippen molar-refractivity contribution in [2.75, 3.05) is 59.2 Å². The number of cyclic esters (lactones) is 1. The molecule has 1 spiro atoms. The number of benzene rings is 2. The third kappa shape index (κ3) is 6.48. The van der Waals surface area contributed by atoms with Gasteiger partial charge in [0.25, 0.3) is 0 Å². The number of morpholine rings is 1. The van der Waals surface area contributed by atoms with E-state index in [1.165, 1.54) is 4.90 Å². The molecule has 12 heteroatoms. The van der Waals surface area contributed by atoms with Crippen LogP contribution < -0.4 is 5.32 Å². The van der Waals surface area contributed by atoms with Crippen LogP contribution in [0.3, 0.4) is 0 Å². The first kappa shape index (κ1) is 34.1. The number of nitrogens with zero attached hydrogens (tertiary/aromatic N) is 3. The number of carbonyl (C=O) groups excluding carboxylic acids is 4. The fourth-order valence-electron chi connectivity index (χ4n) is 8.05. The molecule has 5 bridgehead atoms. The Morgan fingerprint density at radius 2 is 1.66 bits per heavy atom. The van der Waals surface area contributed by atoms with E-state index in [4.69, 9.17) is 14.2 Å². The fourth-order valence-corrected chi connectivity index (χ4v) is 8.05. The molecule has 2 aromatic carbocycles. The Bertz CT molecular complexity index is 1610. The number of allylic oxidation sites excluding steroid dienone is 1. The highest BCUT2D eigenvalue weighted by Crippen LogP contribution is 2.57. The van der Waals surface area contributed by atoms with Crippen molar-refractivity contribution in [3.05, 3.63) is 96.1 Å². The summed E-state index contributed by atoms with van der Waals surface area (Å²) in [5.74, 6) is -3.57. The number of carbonyl (C=O) groups is 4. The second kappa shape index (κ2) is 14.9. The fraction of sp³-hybridized carbons (Fsp3) is 0.474. The molecule has 5 heterocycles. The quantitative estimate of drug-likeness (QED) is 0.330. The lowest BCUT2D eigenvalue weighted by Crippen LogP contribution is -2.57. The normalized spacial score (nSPS) is 31.7. The van der Waals surface area contributed by atoms with Gasteiger partial charge < -0.3 is 34.4 Å². The van der Waals surface area contributed by atoms with Gasteiger partial charge in [0.05, 0.1) is 49.8 Å². The predicted molar refractivity (Wildman–Crippen MR) is 181 cm³/mol. The molecule has 0 aliphatic carbocycles. The first-order valence-corrected chi connectivity index (χ1v) is 17.5. The van der Waals surface area contributed by atoms with Gasteiger partial charge in [-0.05, 0) is 17.5 Å². The molecule has 3 fully saturated rings. The Balaban J connectivity index is 1.29. The molecule has 7 rings (SSSR count). The van der Waals surface area contributed by atoms with Crippen LogP contribution in [0.4, 0.5) is 0 Å². The average Bonchev–Trinajstić information content (AvgIpc) is 3.79. The highest BCUT2D eigenvalue weighted by atomic mass is 16.5. The van der Waals surface area contributed by atoms with Crippen molar-refractivity contribution in [1.82, 2.24) is 20.0 Å². The van der Waals surface area contributed by atoms with Crippen LogP contribution in [0, 0.1) is 11.8 Å². The van der Waals surface area contributed by atoms with Crippen molar-refractivity contribution >= 4 is 23.7 Å². The van der Waals surface area contributed by atoms with E-state index in [9.17, 15) is 19.5 Å². The van der Waals surface area contributed by atoms with Gasteiger partial charge in [-0.3, -0.25) is 24.1 Å². The standard InChI is InChI=1S/C38H44N4O8/c43-24-29(27-12-6-2-7-13-27)42-34-37(47)41(19-18-40-20-22-48-23-21-40)17-9-3-8-14-31(44)49-25-28(26-10-4-1-5-11-26)39-35(45)32-30-15-16-38(34,50-30)33(32)36(42)46/h1-7,9-13,15-16,28-30,32-34,43H,8,14,17-25H2,(H,39,45)/b9-3-/t28-,29-,30-,32+,33+,34-,38+/m1/s1. The molecule has 7 atom stereocenters. The zero-order valence-corrected chi connectivity index (χ0v) is 28.0. The van der Waals surface area contributed by atoms with Crippen LogP contribution >= 0.6 is 0 Å². The third-order valence-electron chi connectivity index (χ3n) is 10.6. The number of aliphatic hydroxyl groups is 1. The Hall–Kier alpha value is -4.36. The molecule has 3 amide bonds. The monoisotopic (exact) mass is 684 g/mol. The minimum Gasteiger partial charge on any atom is -0.463 e. The number of fused-ring (bicyclic) bond motifs is 2. The molecular formula is C38H44N4O8. The van der Waals surface area contributed by atoms with Crippen molar-refractivity contribution in [3.8, 4) is 0 Å². The molecule has 12 nitrogen and oxygen atoms in total. The van der Waals surface area contributed by atoms with Crippen molar-refractivity contribution in [2.45, 2.75) is 42.7 Å². The molecular weight excluding hydrogens is 640 g/mol. The lowest BCUT2D eigenvalue weighted by atomic mass is 9.74. The van der Waals surface area contributed by atoms with Gasteiger partial charge in [0.1, 0.15) is 18.2 Å². The molecule has 2 N–H and O–H groups in total. The van der Waals surface area contributed by atoms with E-state index >= 15 is 4.79 Å². The van der Waals surface area contributed by atoms with Gasteiger partial charge in [0.15, 0.2) is 0 Å². The van der Waals surface area contributed by atoms with Crippen LogP contribution in [-0.4, -0.2) is 120 Å². The van der Waals surface area contributed by atoms with Crippen molar-refractivity contribution in [3.63, 3.8) is 0 Å². The van der Waals surface area contributed by atoms with Crippen molar-refractivity contribution in [2.24, 2.45) is 11.8 Å². The Morgan fingerprint density at radius 3 is 2.40 bits per heavy atom. The van der Waals surface area contributed by atoms with E-state index in [0.29, 0.717) is 38.3 Å². The van der Waals surface area contributed by atoms with Crippen LogP contribution in [0.1, 0.15) is 36.1 Å². The van der Waals surface area contributed by atoms with Gasteiger partial charge in [0.2, 0.25) is 17.7 Å². The summed E-state index contributed by atoms with van der Waals surface area (Å²) in [6, 6.07) is 15.7. The highest BCUT2D eigenvalue weighted by molar-refractivity contribution is 6.00. The number of esters is 1. The molecule has 0 saturated carbocycles. The number of hydrogen-bond acceptors (Lipinski definition) is 9. The molecule has 264 valence electrons. The van der Waals surface area contributed by atoms with Gasteiger partial charge in [-0.15, -0.1) is 0 Å². The minimum absolute atomic E-state index is 0.0840. The first-order chi connectivity index (χ1) is 24.4. The number of likely N-dealkylation sites (tertiary alicyclic amines) is 1. The molecule has 2 aromatic rings. The average molecular weight is 685 g/mol. The maximum Gasteiger partial charge on any atom is 0.306 e. The SMILES string of the molecule is O=C1CC/C=C\CN(CCN2CCOCC2)C(=O)[C@H]2N([C@H](CO)c3ccccc3)C(=O)[C@@H]3[C@@H](C(=O)N[C@@H](c4ccccc4)CO1)[C@H]1C=C[C@]32O1. The summed E-state index contributed by atoms with van der Waals surface area (Å²) in [4.78, 5) is 62.4. The predicted octanol–water partition coefficient (Wildman–Crippen LogP) is 1.78. The van der Waals surface area contributed by atoms with E-state index in [1.807, 2.05) is 72.8 Å². The van der Waals surface area contributed by atoms with Gasteiger partial charge in [-0.1, -0.05) is 85.0 Å². The third-order valence-corrected chi connectivity index (χ3v) is 10.6. The number of ether oxygens (including phenoxy) is 3. The highest BCUT2D eigenvalue weighted by Gasteiger charge is 2.74. The summed E-state index contributed by atoms with van der Waals surface area (Å²) in [6.07, 6.45) is 7.08. The van der Waals surface area contributed by atoms with E-state index in [0.717, 1.165) is 18.7 Å². The molecule has 3 saturated heterocycles. The molecule has 0 unspecified atom stereocenters. The van der Waals surface area contributed by atoms with Crippen LogP contribution in [0.2, 0.25) is 0 Å². The first-order valence-electron chi connectivity index (χ1n) is 17.5. The van der Waals surface area contributed by atoms with Crippen LogP contribution in [0.5, 0.6) is 0 Å². The topological polar surface area (TPSA) is 138 Å². The lowest BCUT2D eigenvalue weighted by molar-refractivity contribution is -0.151. The van der Waals surface area contributed by atoms with Crippen molar-refractivity contribution in [1.29, 1.82) is 0 Å². The van der Waals surface area contributed by atoms with E-state index in [2.05, 4.69) is 10.2 Å². The number of hydrogen-bond donors (Lipinski definition) is 2. The zero-order chi connectivity index (χ0) is 34.7. The number of rotatable bonds is 7. The van der Waals surface area contributed by atoms with Gasteiger partial charge in [-0.2, -0.15) is 0 Å². The Kier molecular flexibility index (Phi) is 10.1. The summed E-state index contributed by atoms with van der Waals surface area (Å²) >= 11 is 0. The number of nitrogens with one attached hydrogen (secondary N) is 1. The van der Waals surface area contributed by atoms with Crippen LogP contribution in [-0.2, 0) is 33.4 Å². The minimum atomic E-state index is -1.42. The maximum absolute atomic E-state index is 15.1. The second-order valence-corrected chi connectivity index (χ2v) is 13.5. The number of amides is 3. The van der Waals surface area contributed by atoms with Gasteiger partial charge >= 0.3 is 5.97 Å². The molecule has 5 aliphatic rings. The Labute approximate surface area is 291 Å².